The van der Waals surface area contributed by atoms with Crippen molar-refractivity contribution in [3.05, 3.63) is 35.7 Å². The second kappa shape index (κ2) is 5.70. The Labute approximate surface area is 87.6 Å². The van der Waals surface area contributed by atoms with Crippen LogP contribution in [0.3, 0.4) is 0 Å². The molecule has 0 atom stereocenters. The van der Waals surface area contributed by atoms with Crippen molar-refractivity contribution in [3.8, 4) is 0 Å². The first-order valence-corrected chi connectivity index (χ1v) is 4.53. The van der Waals surface area contributed by atoms with E-state index in [2.05, 4.69) is 4.98 Å². The summed E-state index contributed by atoms with van der Waals surface area (Å²) in [6.45, 7) is 1.92. The molecule has 0 unspecified atom stereocenters. The van der Waals surface area contributed by atoms with E-state index < -0.39 is 5.97 Å². The van der Waals surface area contributed by atoms with Crippen molar-refractivity contribution in [2.24, 2.45) is 0 Å². The number of pyridine rings is 1. The normalized spacial score (nSPS) is 10.9. The highest BCUT2D eigenvalue weighted by molar-refractivity contribution is 6.11. The molecule has 1 aromatic rings. The summed E-state index contributed by atoms with van der Waals surface area (Å²) in [6.07, 6.45) is 3.44. The van der Waals surface area contributed by atoms with Gasteiger partial charge in [0.25, 0.3) is 0 Å². The van der Waals surface area contributed by atoms with E-state index in [0.29, 0.717) is 12.0 Å². The Morgan fingerprint density at radius 3 is 2.87 bits per heavy atom. The van der Waals surface area contributed by atoms with E-state index in [1.807, 2.05) is 0 Å². The highest BCUT2D eigenvalue weighted by Crippen LogP contribution is 2.03. The van der Waals surface area contributed by atoms with Crippen LogP contribution in [0.25, 0.3) is 6.08 Å². The maximum Gasteiger partial charge on any atom is 0.341 e. The molecule has 1 rings (SSSR count). The van der Waals surface area contributed by atoms with Crippen molar-refractivity contribution >= 4 is 18.3 Å². The van der Waals surface area contributed by atoms with Gasteiger partial charge in [0, 0.05) is 6.20 Å². The summed E-state index contributed by atoms with van der Waals surface area (Å²) in [5, 5.41) is 0. The van der Waals surface area contributed by atoms with Crippen LogP contribution in [0.5, 0.6) is 0 Å². The largest absolute Gasteiger partial charge is 0.462 e. The van der Waals surface area contributed by atoms with Crippen LogP contribution in [0.2, 0.25) is 0 Å². The first-order valence-electron chi connectivity index (χ1n) is 4.53. The van der Waals surface area contributed by atoms with Crippen molar-refractivity contribution in [1.82, 2.24) is 4.98 Å². The number of aldehydes is 1. The first kappa shape index (κ1) is 11.1. The average Bonchev–Trinajstić information content (AvgIpc) is 2.27. The zero-order valence-electron chi connectivity index (χ0n) is 8.34. The van der Waals surface area contributed by atoms with Gasteiger partial charge in [0.2, 0.25) is 0 Å². The van der Waals surface area contributed by atoms with Gasteiger partial charge in [0.1, 0.15) is 5.57 Å². The molecule has 0 bridgehead atoms. The predicted octanol–water partition coefficient (Wildman–Crippen LogP) is 1.23. The van der Waals surface area contributed by atoms with Crippen molar-refractivity contribution < 1.29 is 14.3 Å². The third-order valence-electron chi connectivity index (χ3n) is 1.63. The summed E-state index contributed by atoms with van der Waals surface area (Å²) in [4.78, 5) is 25.8. The third-order valence-corrected chi connectivity index (χ3v) is 1.63. The van der Waals surface area contributed by atoms with Crippen molar-refractivity contribution in [2.75, 3.05) is 6.61 Å². The van der Waals surface area contributed by atoms with Crippen molar-refractivity contribution in [2.45, 2.75) is 6.92 Å². The zero-order chi connectivity index (χ0) is 11.1. The number of hydrogen-bond donors (Lipinski definition) is 0. The van der Waals surface area contributed by atoms with E-state index in [0.717, 1.165) is 0 Å². The summed E-state index contributed by atoms with van der Waals surface area (Å²) < 4.78 is 4.70. The molecule has 1 heterocycles. The van der Waals surface area contributed by atoms with Crippen molar-refractivity contribution in [1.29, 1.82) is 0 Å². The van der Waals surface area contributed by atoms with Crippen LogP contribution in [0.1, 0.15) is 12.6 Å². The van der Waals surface area contributed by atoms with Crippen LogP contribution < -0.4 is 0 Å². The lowest BCUT2D eigenvalue weighted by atomic mass is 10.2. The Morgan fingerprint density at radius 1 is 1.53 bits per heavy atom. The number of hydrogen-bond acceptors (Lipinski definition) is 4. The van der Waals surface area contributed by atoms with Crippen LogP contribution in [0.15, 0.2) is 30.0 Å². The Balaban J connectivity index is 2.87. The van der Waals surface area contributed by atoms with Gasteiger partial charge in [0.05, 0.1) is 12.3 Å². The molecule has 0 aromatic carbocycles. The predicted molar refractivity (Wildman–Crippen MR) is 54.9 cm³/mol. The SMILES string of the molecule is CCOC(=O)C(C=O)=Cc1ccccn1. The van der Waals surface area contributed by atoms with E-state index in [4.69, 9.17) is 4.74 Å². The number of aromatic nitrogens is 1. The smallest absolute Gasteiger partial charge is 0.341 e. The van der Waals surface area contributed by atoms with E-state index >= 15 is 0 Å². The van der Waals surface area contributed by atoms with E-state index in [1.54, 1.807) is 31.3 Å². The van der Waals surface area contributed by atoms with Gasteiger partial charge in [-0.2, -0.15) is 0 Å². The van der Waals surface area contributed by atoms with Gasteiger partial charge < -0.3 is 4.74 Å². The molecule has 4 nitrogen and oxygen atoms in total. The molecular formula is C11H11NO3. The quantitative estimate of drug-likeness (QED) is 0.244. The third kappa shape index (κ3) is 3.34. The molecule has 4 heteroatoms. The maximum absolute atomic E-state index is 11.2. The first-order chi connectivity index (χ1) is 7.27. The number of rotatable bonds is 4. The second-order valence-electron chi connectivity index (χ2n) is 2.69. The van der Waals surface area contributed by atoms with E-state index in [9.17, 15) is 9.59 Å². The van der Waals surface area contributed by atoms with Crippen LogP contribution in [0, 0.1) is 0 Å². The lowest BCUT2D eigenvalue weighted by Gasteiger charge is -1.99. The summed E-state index contributed by atoms with van der Waals surface area (Å²) in [7, 11) is 0. The second-order valence-corrected chi connectivity index (χ2v) is 2.69. The molecule has 0 aliphatic heterocycles. The van der Waals surface area contributed by atoms with Gasteiger partial charge in [0.15, 0.2) is 6.29 Å². The molecule has 0 saturated carbocycles. The molecular weight excluding hydrogens is 194 g/mol. The fourth-order valence-electron chi connectivity index (χ4n) is 0.976. The van der Waals surface area contributed by atoms with Gasteiger partial charge in [-0.3, -0.25) is 9.78 Å². The Kier molecular flexibility index (Phi) is 4.22. The minimum Gasteiger partial charge on any atom is -0.462 e. The molecule has 0 spiro atoms. The lowest BCUT2D eigenvalue weighted by Crippen LogP contribution is -2.08. The zero-order valence-corrected chi connectivity index (χ0v) is 8.34. The van der Waals surface area contributed by atoms with Crippen molar-refractivity contribution in [3.63, 3.8) is 0 Å². The van der Waals surface area contributed by atoms with Gasteiger partial charge in [-0.1, -0.05) is 6.07 Å². The van der Waals surface area contributed by atoms with Gasteiger partial charge in [-0.15, -0.1) is 0 Å². The summed E-state index contributed by atoms with van der Waals surface area (Å²) >= 11 is 0. The number of carbonyl (C=O) groups excluding carboxylic acids is 2. The lowest BCUT2D eigenvalue weighted by molar-refractivity contribution is -0.138. The number of ether oxygens (including phenoxy) is 1. The average molecular weight is 205 g/mol. The molecule has 78 valence electrons. The van der Waals surface area contributed by atoms with Crippen LogP contribution in [-0.4, -0.2) is 23.8 Å². The Morgan fingerprint density at radius 2 is 2.33 bits per heavy atom. The highest BCUT2D eigenvalue weighted by Gasteiger charge is 2.09. The molecule has 0 fully saturated rings. The topological polar surface area (TPSA) is 56.3 Å². The molecule has 0 saturated heterocycles. The van der Waals surface area contributed by atoms with Crippen LogP contribution >= 0.6 is 0 Å². The van der Waals surface area contributed by atoms with Crippen LogP contribution in [-0.2, 0) is 14.3 Å². The van der Waals surface area contributed by atoms with Gasteiger partial charge >= 0.3 is 5.97 Å². The number of carbonyl (C=O) groups is 2. The molecule has 0 amide bonds. The summed E-state index contributed by atoms with van der Waals surface area (Å²) in [6, 6.07) is 5.22. The highest BCUT2D eigenvalue weighted by atomic mass is 16.5. The maximum atomic E-state index is 11.2. The van der Waals surface area contributed by atoms with E-state index in [-0.39, 0.29) is 12.2 Å². The standard InChI is InChI=1S/C11H11NO3/c1-2-15-11(14)9(8-13)7-10-5-3-4-6-12-10/h3-8H,2H2,1H3. The number of esters is 1. The van der Waals surface area contributed by atoms with Crippen LogP contribution in [0.4, 0.5) is 0 Å². The molecule has 1 aromatic heterocycles. The molecule has 15 heavy (non-hydrogen) atoms. The molecule has 0 radical (unpaired) electrons. The summed E-state index contributed by atoms with van der Waals surface area (Å²) in [5.74, 6) is -0.627. The molecule has 0 aliphatic rings. The van der Waals surface area contributed by atoms with Gasteiger partial charge in [-0.05, 0) is 25.1 Å². The Hall–Kier alpha value is -1.97. The minimum absolute atomic E-state index is 0.0319. The molecule has 0 aliphatic carbocycles. The monoisotopic (exact) mass is 205 g/mol. The Bertz CT molecular complexity index is 371. The molecule has 0 N–H and O–H groups in total. The fourth-order valence-corrected chi connectivity index (χ4v) is 0.976. The number of nitrogens with zero attached hydrogens (tertiary/aromatic N) is 1. The fraction of sp³-hybridized carbons (Fsp3) is 0.182. The minimum atomic E-state index is -0.627. The summed E-state index contributed by atoms with van der Waals surface area (Å²) in [5.41, 5.74) is 0.517. The van der Waals surface area contributed by atoms with E-state index in [1.165, 1.54) is 6.08 Å². The van der Waals surface area contributed by atoms with Gasteiger partial charge in [-0.25, -0.2) is 4.79 Å².